The van der Waals surface area contributed by atoms with Crippen molar-refractivity contribution in [2.24, 2.45) is 0 Å². The lowest BCUT2D eigenvalue weighted by Crippen LogP contribution is -2.35. The molecule has 0 fully saturated rings. The summed E-state index contributed by atoms with van der Waals surface area (Å²) in [6, 6.07) is 0. The summed E-state index contributed by atoms with van der Waals surface area (Å²) in [5.41, 5.74) is 0.469. The second-order valence-corrected chi connectivity index (χ2v) is 12.5. The summed E-state index contributed by atoms with van der Waals surface area (Å²) in [5.74, 6) is 0. The average Bonchev–Trinajstić information content (AvgIpc) is 2.00. The first kappa shape index (κ1) is 14.4. The Morgan fingerprint density at radius 2 is 1.79 bits per heavy atom. The second kappa shape index (κ2) is 6.05. The van der Waals surface area contributed by atoms with E-state index < -0.39 is 17.1 Å². The molecule has 0 aromatic carbocycles. The van der Waals surface area contributed by atoms with Crippen molar-refractivity contribution in [3.63, 3.8) is 0 Å². The van der Waals surface area contributed by atoms with Gasteiger partial charge in [0.2, 0.25) is 0 Å². The zero-order chi connectivity index (χ0) is 11.4. The van der Waals surface area contributed by atoms with Gasteiger partial charge >= 0.3 is 0 Å². The van der Waals surface area contributed by atoms with Gasteiger partial charge < -0.3 is 9.53 Å². The fourth-order valence-electron chi connectivity index (χ4n) is 1.52. The van der Waals surface area contributed by atoms with Gasteiger partial charge in [-0.1, -0.05) is 26.4 Å². The largest absolute Gasteiger partial charge is 0.415 e. The molecule has 85 valence electrons. The maximum absolute atomic E-state index is 9.97. The third-order valence-corrected chi connectivity index (χ3v) is 5.64. The summed E-state index contributed by atoms with van der Waals surface area (Å²) in [6.07, 6.45) is 0.813. The Balaban J connectivity index is 3.99. The average molecular weight is 233 g/mol. The smallest absolute Gasteiger partial charge is 0.183 e. The van der Waals surface area contributed by atoms with Crippen molar-refractivity contribution in [2.75, 3.05) is 6.61 Å². The van der Waals surface area contributed by atoms with E-state index in [9.17, 15) is 5.11 Å². The van der Waals surface area contributed by atoms with Crippen LogP contribution < -0.4 is 0 Å². The van der Waals surface area contributed by atoms with E-state index in [1.807, 2.05) is 0 Å². The highest BCUT2D eigenvalue weighted by Gasteiger charge is 2.24. The summed E-state index contributed by atoms with van der Waals surface area (Å²) in [7, 11) is -1.87. The number of aliphatic hydroxyl groups is 1. The Bertz CT molecular complexity index is 155. The molecule has 0 aromatic heterocycles. The van der Waals surface area contributed by atoms with Crippen LogP contribution in [0.5, 0.6) is 0 Å². The first-order chi connectivity index (χ1) is 6.28. The van der Waals surface area contributed by atoms with Crippen molar-refractivity contribution in [3.05, 3.63) is 0 Å². The zero-order valence-electron chi connectivity index (χ0n) is 10.4. The minimum absolute atomic E-state index is 0.254. The van der Waals surface area contributed by atoms with Crippen LogP contribution in [0.2, 0.25) is 38.3 Å². The summed E-state index contributed by atoms with van der Waals surface area (Å²) in [6.45, 7) is 13.7. The molecule has 0 amide bonds. The highest BCUT2D eigenvalue weighted by atomic mass is 28.4. The monoisotopic (exact) mass is 233 g/mol. The Kier molecular flexibility index (Phi) is 6.20. The van der Waals surface area contributed by atoms with E-state index in [0.717, 1.165) is 6.42 Å². The molecular formula is C10H25O2Si2. The minimum Gasteiger partial charge on any atom is -0.415 e. The number of hydrogen-bond acceptors (Lipinski definition) is 2. The molecule has 2 atom stereocenters. The number of rotatable bonds is 6. The van der Waals surface area contributed by atoms with Crippen molar-refractivity contribution in [1.29, 1.82) is 0 Å². The molecule has 0 aliphatic carbocycles. The van der Waals surface area contributed by atoms with E-state index in [2.05, 4.69) is 39.7 Å². The van der Waals surface area contributed by atoms with Crippen molar-refractivity contribution in [1.82, 2.24) is 0 Å². The van der Waals surface area contributed by atoms with Gasteiger partial charge in [0.15, 0.2) is 8.32 Å². The molecule has 0 saturated heterocycles. The molecule has 1 radical (unpaired) electrons. The van der Waals surface area contributed by atoms with Crippen LogP contribution in [-0.2, 0) is 4.43 Å². The fourth-order valence-corrected chi connectivity index (χ4v) is 3.87. The molecule has 2 unspecified atom stereocenters. The van der Waals surface area contributed by atoms with Crippen molar-refractivity contribution >= 4 is 17.1 Å². The number of hydrogen-bond donors (Lipinski definition) is 1. The van der Waals surface area contributed by atoms with Gasteiger partial charge in [-0.2, -0.15) is 0 Å². The summed E-state index contributed by atoms with van der Waals surface area (Å²) in [4.78, 5) is 0. The van der Waals surface area contributed by atoms with Gasteiger partial charge in [-0.05, 0) is 25.2 Å². The first-order valence-electron chi connectivity index (χ1n) is 5.40. The lowest BCUT2D eigenvalue weighted by molar-refractivity contribution is 0.0952. The molecule has 0 aromatic rings. The van der Waals surface area contributed by atoms with Gasteiger partial charge in [0, 0.05) is 8.80 Å². The quantitative estimate of drug-likeness (QED) is 0.715. The lowest BCUT2D eigenvalue weighted by Gasteiger charge is -2.27. The maximum atomic E-state index is 9.97. The maximum Gasteiger partial charge on any atom is 0.183 e. The fraction of sp³-hybridized carbons (Fsp3) is 1.00. The van der Waals surface area contributed by atoms with Crippen LogP contribution in [0.4, 0.5) is 0 Å². The van der Waals surface area contributed by atoms with Crippen LogP contribution in [0.15, 0.2) is 0 Å². The van der Waals surface area contributed by atoms with Gasteiger partial charge in [-0.25, -0.2) is 0 Å². The van der Waals surface area contributed by atoms with E-state index in [4.69, 9.17) is 4.43 Å². The van der Waals surface area contributed by atoms with Crippen LogP contribution in [0, 0.1) is 0 Å². The highest BCUT2D eigenvalue weighted by Crippen LogP contribution is 2.21. The SMILES string of the molecule is CCC(C(O)CO[Si](C)(C)C)[Si](C)C. The van der Waals surface area contributed by atoms with Crippen molar-refractivity contribution in [3.8, 4) is 0 Å². The van der Waals surface area contributed by atoms with Crippen LogP contribution in [0.3, 0.4) is 0 Å². The van der Waals surface area contributed by atoms with E-state index in [-0.39, 0.29) is 6.10 Å². The second-order valence-electron chi connectivity index (χ2n) is 5.08. The zero-order valence-corrected chi connectivity index (χ0v) is 12.4. The molecule has 0 aliphatic heterocycles. The molecule has 0 heterocycles. The van der Waals surface area contributed by atoms with E-state index in [1.165, 1.54) is 0 Å². The molecule has 2 nitrogen and oxygen atoms in total. The Morgan fingerprint density at radius 1 is 1.29 bits per heavy atom. The Labute approximate surface area is 91.4 Å². The van der Waals surface area contributed by atoms with Crippen LogP contribution in [0.25, 0.3) is 0 Å². The van der Waals surface area contributed by atoms with E-state index in [1.54, 1.807) is 0 Å². The van der Waals surface area contributed by atoms with Crippen LogP contribution in [0.1, 0.15) is 13.3 Å². The summed E-state index contributed by atoms with van der Waals surface area (Å²) < 4.78 is 5.73. The first-order valence-corrected chi connectivity index (χ1v) is 11.4. The van der Waals surface area contributed by atoms with Gasteiger partial charge in [0.05, 0.1) is 12.7 Å². The third kappa shape index (κ3) is 5.95. The minimum atomic E-state index is -1.46. The van der Waals surface area contributed by atoms with E-state index in [0.29, 0.717) is 12.1 Å². The van der Waals surface area contributed by atoms with E-state index >= 15 is 0 Å². The summed E-state index contributed by atoms with van der Waals surface area (Å²) >= 11 is 0. The van der Waals surface area contributed by atoms with Crippen molar-refractivity contribution in [2.45, 2.75) is 57.7 Å². The number of aliphatic hydroxyl groups excluding tert-OH is 1. The highest BCUT2D eigenvalue weighted by molar-refractivity contribution is 6.69. The molecular weight excluding hydrogens is 208 g/mol. The molecule has 0 spiro atoms. The summed E-state index contributed by atoms with van der Waals surface area (Å²) in [5, 5.41) is 9.97. The lowest BCUT2D eigenvalue weighted by atomic mass is 10.2. The standard InChI is InChI=1S/C10H25O2Si2/c1-7-10(13(2)3)9(11)8-12-14(4,5)6/h9-11H,7-8H2,1-6H3. The molecule has 0 aliphatic rings. The Morgan fingerprint density at radius 3 is 2.07 bits per heavy atom. The molecule has 0 saturated carbocycles. The van der Waals surface area contributed by atoms with Crippen LogP contribution >= 0.6 is 0 Å². The molecule has 0 rings (SSSR count). The molecule has 4 heteroatoms. The topological polar surface area (TPSA) is 29.5 Å². The molecule has 1 N–H and O–H groups in total. The normalized spacial score (nSPS) is 17.1. The molecule has 0 bridgehead atoms. The predicted octanol–water partition coefficient (Wildman–Crippen LogP) is 2.73. The third-order valence-electron chi connectivity index (χ3n) is 2.33. The van der Waals surface area contributed by atoms with Gasteiger partial charge in [-0.3, -0.25) is 0 Å². The Hall–Kier alpha value is 0.354. The van der Waals surface area contributed by atoms with Gasteiger partial charge in [-0.15, -0.1) is 0 Å². The predicted molar refractivity (Wildman–Crippen MR) is 66.8 cm³/mol. The van der Waals surface area contributed by atoms with Crippen LogP contribution in [-0.4, -0.2) is 34.9 Å². The van der Waals surface area contributed by atoms with Gasteiger partial charge in [0.25, 0.3) is 0 Å². The van der Waals surface area contributed by atoms with Crippen molar-refractivity contribution < 1.29 is 9.53 Å². The van der Waals surface area contributed by atoms with Gasteiger partial charge in [0.1, 0.15) is 0 Å². The molecule has 14 heavy (non-hydrogen) atoms.